The van der Waals surface area contributed by atoms with Gasteiger partial charge in [0.1, 0.15) is 0 Å². The zero-order chi connectivity index (χ0) is 18.3. The number of piperidine rings is 1. The molecule has 1 aliphatic heterocycles. The summed E-state index contributed by atoms with van der Waals surface area (Å²) in [5, 5.41) is 22.0. The number of benzene rings is 1. The van der Waals surface area contributed by atoms with Crippen molar-refractivity contribution in [2.45, 2.75) is 31.7 Å². The number of nitrogens with one attached hydrogen (secondary N) is 2. The van der Waals surface area contributed by atoms with Gasteiger partial charge in [0.05, 0.1) is 6.61 Å². The Morgan fingerprint density at radius 2 is 1.88 bits per heavy atom. The summed E-state index contributed by atoms with van der Waals surface area (Å²) >= 11 is 0. The van der Waals surface area contributed by atoms with Gasteiger partial charge in [-0.1, -0.05) is 36.8 Å². The molecule has 2 rings (SSSR count). The van der Waals surface area contributed by atoms with E-state index in [-0.39, 0.29) is 25.2 Å². The maximum absolute atomic E-state index is 11.7. The van der Waals surface area contributed by atoms with Crippen molar-refractivity contribution in [3.8, 4) is 0 Å². The van der Waals surface area contributed by atoms with Crippen molar-refractivity contribution in [3.63, 3.8) is 0 Å². The predicted octanol–water partition coefficient (Wildman–Crippen LogP) is 1.08. The number of likely N-dealkylation sites (tertiary alicyclic amines) is 1. The van der Waals surface area contributed by atoms with Crippen LogP contribution >= 0.6 is 0 Å². The number of urea groups is 1. The van der Waals surface area contributed by atoms with Crippen molar-refractivity contribution < 1.29 is 19.8 Å². The molecule has 0 bridgehead atoms. The molecule has 0 radical (unpaired) electrons. The molecular weight excluding hydrogens is 322 g/mol. The van der Waals surface area contributed by atoms with Gasteiger partial charge < -0.3 is 20.8 Å². The minimum absolute atomic E-state index is 0.117. The molecule has 1 fully saturated rings. The Hall–Kier alpha value is -2.12. The van der Waals surface area contributed by atoms with Crippen LogP contribution in [0.1, 0.15) is 24.8 Å². The van der Waals surface area contributed by atoms with Gasteiger partial charge >= 0.3 is 6.03 Å². The van der Waals surface area contributed by atoms with Gasteiger partial charge in [-0.25, -0.2) is 4.79 Å². The average Bonchev–Trinajstić information content (AvgIpc) is 2.64. The van der Waals surface area contributed by atoms with Crippen molar-refractivity contribution in [2.75, 3.05) is 32.8 Å². The van der Waals surface area contributed by atoms with E-state index in [0.29, 0.717) is 13.1 Å². The number of hydrogen-bond donors (Lipinski definition) is 4. The van der Waals surface area contributed by atoms with Crippen LogP contribution < -0.4 is 10.6 Å². The van der Waals surface area contributed by atoms with Gasteiger partial charge in [-0.05, 0) is 31.4 Å². The molecule has 1 unspecified atom stereocenters. The Bertz CT molecular complexity index is 484. The number of aliphatic hydroxyl groups excluding tert-OH is 1. The first-order chi connectivity index (χ1) is 12.2. The lowest BCUT2D eigenvalue weighted by Crippen LogP contribution is -2.47. The van der Waals surface area contributed by atoms with Crippen LogP contribution in [0.5, 0.6) is 0 Å². The molecule has 1 atom stereocenters. The molecule has 7 heteroatoms. The fraction of sp³-hybridized carbons (Fsp3) is 0.556. The van der Waals surface area contributed by atoms with Crippen LogP contribution in [0.25, 0.3) is 0 Å². The maximum atomic E-state index is 11.7. The van der Waals surface area contributed by atoms with Crippen molar-refractivity contribution >= 4 is 12.5 Å². The Morgan fingerprint density at radius 3 is 2.56 bits per heavy atom. The molecule has 25 heavy (non-hydrogen) atoms. The summed E-state index contributed by atoms with van der Waals surface area (Å²) in [5.41, 5.74) is 1.22. The third-order valence-corrected chi connectivity index (χ3v) is 4.19. The van der Waals surface area contributed by atoms with E-state index in [1.54, 1.807) is 0 Å². The van der Waals surface area contributed by atoms with E-state index in [2.05, 4.69) is 27.7 Å². The first-order valence-corrected chi connectivity index (χ1v) is 8.69. The molecule has 7 nitrogen and oxygen atoms in total. The second kappa shape index (κ2) is 13.2. The van der Waals surface area contributed by atoms with Gasteiger partial charge in [-0.2, -0.15) is 0 Å². The topological polar surface area (TPSA) is 102 Å². The normalized spacial score (nSPS) is 17.1. The number of aliphatic hydroxyl groups is 1. The van der Waals surface area contributed by atoms with Gasteiger partial charge in [0.15, 0.2) is 0 Å². The number of hydrogen-bond acceptors (Lipinski definition) is 4. The van der Waals surface area contributed by atoms with Crippen molar-refractivity contribution in [1.29, 1.82) is 0 Å². The summed E-state index contributed by atoms with van der Waals surface area (Å²) in [5.74, 6) is 0. The van der Waals surface area contributed by atoms with E-state index in [9.17, 15) is 9.90 Å². The monoisotopic (exact) mass is 351 g/mol. The summed E-state index contributed by atoms with van der Waals surface area (Å²) in [6.45, 7) is 3.04. The van der Waals surface area contributed by atoms with Crippen molar-refractivity contribution in [3.05, 3.63) is 35.9 Å². The fourth-order valence-corrected chi connectivity index (χ4v) is 2.90. The fourth-order valence-electron chi connectivity index (χ4n) is 2.90. The highest BCUT2D eigenvalue weighted by molar-refractivity contribution is 5.73. The molecule has 1 aromatic rings. The minimum Gasteiger partial charge on any atom is -0.483 e. The molecule has 4 N–H and O–H groups in total. The van der Waals surface area contributed by atoms with Crippen molar-refractivity contribution in [2.24, 2.45) is 0 Å². The first kappa shape index (κ1) is 20.9. The molecule has 0 aromatic heterocycles. The van der Waals surface area contributed by atoms with Gasteiger partial charge in [-0.15, -0.1) is 0 Å². The maximum Gasteiger partial charge on any atom is 0.314 e. The smallest absolute Gasteiger partial charge is 0.314 e. The molecule has 0 saturated carbocycles. The number of amides is 2. The average molecular weight is 351 g/mol. The summed E-state index contributed by atoms with van der Waals surface area (Å²) in [6.07, 6.45) is 4.27. The summed E-state index contributed by atoms with van der Waals surface area (Å²) < 4.78 is 0. The van der Waals surface area contributed by atoms with Crippen molar-refractivity contribution in [1.82, 2.24) is 15.5 Å². The molecular formula is C18H29N3O4. The SMILES string of the molecule is O=C(NCCc1ccccc1)NCCN1CCCCC1CO.O=CO. The molecule has 0 spiro atoms. The Labute approximate surface area is 149 Å². The van der Waals surface area contributed by atoms with E-state index in [1.807, 2.05) is 18.2 Å². The molecule has 0 aliphatic carbocycles. The number of carbonyl (C=O) groups is 2. The van der Waals surface area contributed by atoms with E-state index >= 15 is 0 Å². The second-order valence-corrected chi connectivity index (χ2v) is 5.89. The van der Waals surface area contributed by atoms with E-state index in [0.717, 1.165) is 25.9 Å². The molecule has 1 saturated heterocycles. The van der Waals surface area contributed by atoms with E-state index in [1.165, 1.54) is 18.4 Å². The Kier molecular flexibility index (Phi) is 11.0. The summed E-state index contributed by atoms with van der Waals surface area (Å²) in [7, 11) is 0. The zero-order valence-corrected chi connectivity index (χ0v) is 14.6. The molecule has 1 aromatic carbocycles. The van der Waals surface area contributed by atoms with Gasteiger partial charge in [-0.3, -0.25) is 9.69 Å². The third-order valence-electron chi connectivity index (χ3n) is 4.19. The lowest BCUT2D eigenvalue weighted by molar-refractivity contribution is -0.122. The Balaban J connectivity index is 0.000000970. The molecule has 2 amide bonds. The van der Waals surface area contributed by atoms with Crippen LogP contribution in [0.15, 0.2) is 30.3 Å². The predicted molar refractivity (Wildman–Crippen MR) is 96.5 cm³/mol. The minimum atomic E-state index is -0.250. The summed E-state index contributed by atoms with van der Waals surface area (Å²) in [4.78, 5) is 22.4. The van der Waals surface area contributed by atoms with Gasteiger partial charge in [0.2, 0.25) is 0 Å². The number of carbonyl (C=O) groups excluding carboxylic acids is 1. The first-order valence-electron chi connectivity index (χ1n) is 8.69. The number of carboxylic acid groups (broad SMARTS) is 1. The largest absolute Gasteiger partial charge is 0.483 e. The van der Waals surface area contributed by atoms with Crippen LogP contribution in [-0.2, 0) is 11.2 Å². The zero-order valence-electron chi connectivity index (χ0n) is 14.6. The third kappa shape index (κ3) is 9.07. The molecule has 1 heterocycles. The van der Waals surface area contributed by atoms with Crippen LogP contribution in [0.4, 0.5) is 4.79 Å². The van der Waals surface area contributed by atoms with Gasteiger partial charge in [0.25, 0.3) is 6.47 Å². The van der Waals surface area contributed by atoms with E-state index in [4.69, 9.17) is 9.90 Å². The number of rotatable bonds is 7. The number of nitrogens with zero attached hydrogens (tertiary/aromatic N) is 1. The quantitative estimate of drug-likeness (QED) is 0.551. The van der Waals surface area contributed by atoms with Crippen LogP contribution in [-0.4, -0.2) is 66.4 Å². The highest BCUT2D eigenvalue weighted by Crippen LogP contribution is 2.15. The van der Waals surface area contributed by atoms with Crippen LogP contribution in [0, 0.1) is 0 Å². The van der Waals surface area contributed by atoms with Crippen LogP contribution in [0.2, 0.25) is 0 Å². The Morgan fingerprint density at radius 1 is 1.20 bits per heavy atom. The summed E-state index contributed by atoms with van der Waals surface area (Å²) in [6, 6.07) is 10.3. The van der Waals surface area contributed by atoms with E-state index < -0.39 is 0 Å². The molecule has 140 valence electrons. The second-order valence-electron chi connectivity index (χ2n) is 5.89. The standard InChI is InChI=1S/C17H27N3O2.CH2O2/c21-14-16-8-4-5-12-20(16)13-11-19-17(22)18-10-9-15-6-2-1-3-7-15;2-1-3/h1-3,6-7,16,21H,4-5,8-14H2,(H2,18,19,22);1H,(H,2,3). The highest BCUT2D eigenvalue weighted by Gasteiger charge is 2.20. The van der Waals surface area contributed by atoms with Gasteiger partial charge in [0, 0.05) is 25.7 Å². The lowest BCUT2D eigenvalue weighted by Gasteiger charge is -2.34. The lowest BCUT2D eigenvalue weighted by atomic mass is 10.0. The molecule has 1 aliphatic rings. The van der Waals surface area contributed by atoms with Crippen LogP contribution in [0.3, 0.4) is 0 Å². The highest BCUT2D eigenvalue weighted by atomic mass is 16.3.